The first kappa shape index (κ1) is 14.7. The van der Waals surface area contributed by atoms with Crippen molar-refractivity contribution in [3.8, 4) is 0 Å². The van der Waals surface area contributed by atoms with Crippen molar-refractivity contribution in [3.05, 3.63) is 35.9 Å². The van der Waals surface area contributed by atoms with Crippen molar-refractivity contribution >= 4 is 11.8 Å². The molecular formula is C16H20O4. The van der Waals surface area contributed by atoms with Crippen LogP contribution < -0.4 is 0 Å². The molecule has 0 bridgehead atoms. The number of benzene rings is 1. The minimum Gasteiger partial charge on any atom is -0.461 e. The van der Waals surface area contributed by atoms with Crippen LogP contribution in [0.3, 0.4) is 0 Å². The molecular weight excluding hydrogens is 256 g/mol. The minimum atomic E-state index is -0.980. The van der Waals surface area contributed by atoms with E-state index in [2.05, 4.69) is 0 Å². The highest BCUT2D eigenvalue weighted by Gasteiger charge is 2.47. The molecule has 1 N–H and O–H groups in total. The van der Waals surface area contributed by atoms with Gasteiger partial charge in [-0.05, 0) is 12.0 Å². The van der Waals surface area contributed by atoms with Crippen molar-refractivity contribution in [1.82, 2.24) is 0 Å². The summed E-state index contributed by atoms with van der Waals surface area (Å²) in [6, 6.07) is 9.39. The Morgan fingerprint density at radius 2 is 2.00 bits per heavy atom. The molecule has 2 rings (SSSR count). The molecule has 1 aromatic rings. The van der Waals surface area contributed by atoms with E-state index in [0.717, 1.165) is 5.56 Å². The van der Waals surface area contributed by atoms with Crippen LogP contribution in [0.1, 0.15) is 32.3 Å². The fourth-order valence-electron chi connectivity index (χ4n) is 2.52. The summed E-state index contributed by atoms with van der Waals surface area (Å²) in [6.45, 7) is 3.55. The van der Waals surface area contributed by atoms with Crippen LogP contribution in [0.25, 0.3) is 0 Å². The third kappa shape index (κ3) is 2.90. The quantitative estimate of drug-likeness (QED) is 0.859. The SMILES string of the molecule is CC1(C)C(=O)CC[C@H](C(=O)OCc2ccccc2)[C@@H]1O. The summed E-state index contributed by atoms with van der Waals surface area (Å²) in [6.07, 6.45) is -0.307. The number of ketones is 1. The molecule has 0 aliphatic heterocycles. The third-order valence-electron chi connectivity index (χ3n) is 4.05. The Hall–Kier alpha value is -1.68. The van der Waals surface area contributed by atoms with Crippen molar-refractivity contribution in [2.24, 2.45) is 11.3 Å². The van der Waals surface area contributed by atoms with Gasteiger partial charge in [-0.2, -0.15) is 0 Å². The Bertz CT molecular complexity index is 492. The van der Waals surface area contributed by atoms with Crippen molar-refractivity contribution in [1.29, 1.82) is 0 Å². The smallest absolute Gasteiger partial charge is 0.311 e. The van der Waals surface area contributed by atoms with Gasteiger partial charge in [0.2, 0.25) is 0 Å². The van der Waals surface area contributed by atoms with Crippen molar-refractivity contribution in [2.45, 2.75) is 39.4 Å². The largest absolute Gasteiger partial charge is 0.461 e. The Balaban J connectivity index is 1.97. The first-order chi connectivity index (χ1) is 9.43. The van der Waals surface area contributed by atoms with E-state index in [1.54, 1.807) is 13.8 Å². The molecule has 1 aliphatic rings. The number of carbonyl (C=O) groups is 2. The van der Waals surface area contributed by atoms with E-state index in [9.17, 15) is 14.7 Å². The van der Waals surface area contributed by atoms with Gasteiger partial charge in [-0.1, -0.05) is 44.2 Å². The Morgan fingerprint density at radius 3 is 2.65 bits per heavy atom. The van der Waals surface area contributed by atoms with Crippen molar-refractivity contribution < 1.29 is 19.4 Å². The van der Waals surface area contributed by atoms with Crippen LogP contribution in [0.4, 0.5) is 0 Å². The van der Waals surface area contributed by atoms with Gasteiger partial charge in [0, 0.05) is 6.42 Å². The maximum atomic E-state index is 12.1. The van der Waals surface area contributed by atoms with Gasteiger partial charge in [0.1, 0.15) is 12.4 Å². The molecule has 4 nitrogen and oxygen atoms in total. The van der Waals surface area contributed by atoms with Crippen LogP contribution in [-0.2, 0) is 20.9 Å². The lowest BCUT2D eigenvalue weighted by molar-refractivity contribution is -0.164. The number of esters is 1. The fraction of sp³-hybridized carbons (Fsp3) is 0.500. The molecule has 0 heterocycles. The topological polar surface area (TPSA) is 63.6 Å². The number of Topliss-reactive ketones (excluding diaryl/α,β-unsaturated/α-hetero) is 1. The molecule has 0 radical (unpaired) electrons. The van der Waals surface area contributed by atoms with Crippen LogP contribution >= 0.6 is 0 Å². The molecule has 0 amide bonds. The van der Waals surface area contributed by atoms with E-state index in [1.807, 2.05) is 30.3 Å². The Morgan fingerprint density at radius 1 is 1.35 bits per heavy atom. The zero-order valence-electron chi connectivity index (χ0n) is 11.8. The molecule has 0 saturated heterocycles. The summed E-state index contributed by atoms with van der Waals surface area (Å²) in [5.41, 5.74) is 0.0239. The molecule has 1 saturated carbocycles. The van der Waals surface area contributed by atoms with Crippen LogP contribution in [0.2, 0.25) is 0 Å². The average Bonchev–Trinajstić information content (AvgIpc) is 2.44. The maximum Gasteiger partial charge on any atom is 0.311 e. The van der Waals surface area contributed by atoms with Gasteiger partial charge in [0.25, 0.3) is 0 Å². The van der Waals surface area contributed by atoms with E-state index in [0.29, 0.717) is 12.8 Å². The van der Waals surface area contributed by atoms with Gasteiger partial charge in [-0.25, -0.2) is 0 Å². The normalized spacial score (nSPS) is 25.2. The standard InChI is InChI=1S/C16H20O4/c1-16(2)13(17)9-8-12(14(16)18)15(19)20-10-11-6-4-3-5-7-11/h3-7,12,14,18H,8-10H2,1-2H3/t12-,14-/m0/s1. The number of rotatable bonds is 3. The highest BCUT2D eigenvalue weighted by molar-refractivity contribution is 5.88. The fourth-order valence-corrected chi connectivity index (χ4v) is 2.52. The van der Waals surface area contributed by atoms with Crippen LogP contribution in [0, 0.1) is 11.3 Å². The first-order valence-electron chi connectivity index (χ1n) is 6.85. The number of aliphatic hydroxyl groups excluding tert-OH is 1. The molecule has 1 aliphatic carbocycles. The number of hydrogen-bond donors (Lipinski definition) is 1. The number of hydrogen-bond acceptors (Lipinski definition) is 4. The molecule has 1 fully saturated rings. The molecule has 0 aromatic heterocycles. The second kappa shape index (κ2) is 5.75. The molecule has 1 aromatic carbocycles. The third-order valence-corrected chi connectivity index (χ3v) is 4.05. The van der Waals surface area contributed by atoms with Crippen LogP contribution in [0.15, 0.2) is 30.3 Å². The summed E-state index contributed by atoms with van der Waals surface area (Å²) in [7, 11) is 0. The van der Waals surface area contributed by atoms with Crippen LogP contribution in [0.5, 0.6) is 0 Å². The maximum absolute atomic E-state index is 12.1. The Labute approximate surface area is 118 Å². The molecule has 4 heteroatoms. The highest BCUT2D eigenvalue weighted by Crippen LogP contribution is 2.37. The van der Waals surface area contributed by atoms with Crippen molar-refractivity contribution in [3.63, 3.8) is 0 Å². The van der Waals surface area contributed by atoms with Gasteiger partial charge >= 0.3 is 5.97 Å². The van der Waals surface area contributed by atoms with Gasteiger partial charge in [0.15, 0.2) is 0 Å². The van der Waals surface area contributed by atoms with Crippen LogP contribution in [-0.4, -0.2) is 23.0 Å². The lowest BCUT2D eigenvalue weighted by Gasteiger charge is -2.38. The molecule has 20 heavy (non-hydrogen) atoms. The summed E-state index contributed by atoms with van der Waals surface area (Å²) < 4.78 is 5.26. The van der Waals surface area contributed by atoms with Crippen molar-refractivity contribution in [2.75, 3.05) is 0 Å². The molecule has 2 atom stereocenters. The molecule has 0 spiro atoms. The number of aliphatic hydroxyl groups is 1. The lowest BCUT2D eigenvalue weighted by Crippen LogP contribution is -2.49. The van der Waals surface area contributed by atoms with E-state index in [1.165, 1.54) is 0 Å². The second-order valence-corrected chi connectivity index (χ2v) is 5.83. The van der Waals surface area contributed by atoms with Gasteiger partial charge in [0.05, 0.1) is 17.4 Å². The number of ether oxygens (including phenoxy) is 1. The van der Waals surface area contributed by atoms with E-state index >= 15 is 0 Å². The monoisotopic (exact) mass is 276 g/mol. The first-order valence-corrected chi connectivity index (χ1v) is 6.85. The average molecular weight is 276 g/mol. The molecule has 0 unspecified atom stereocenters. The summed E-state index contributed by atoms with van der Waals surface area (Å²) in [4.78, 5) is 23.8. The van der Waals surface area contributed by atoms with Gasteiger partial charge in [-0.3, -0.25) is 9.59 Å². The summed E-state index contributed by atoms with van der Waals surface area (Å²) in [5.74, 6) is -1.05. The predicted molar refractivity (Wildman–Crippen MR) is 73.8 cm³/mol. The second-order valence-electron chi connectivity index (χ2n) is 5.83. The number of carbonyl (C=O) groups excluding carboxylic acids is 2. The predicted octanol–water partition coefficient (Wildman–Crippen LogP) is 2.10. The zero-order chi connectivity index (χ0) is 14.8. The van der Waals surface area contributed by atoms with E-state index < -0.39 is 23.4 Å². The lowest BCUT2D eigenvalue weighted by atomic mass is 9.69. The van der Waals surface area contributed by atoms with Gasteiger partial charge < -0.3 is 9.84 Å². The zero-order valence-corrected chi connectivity index (χ0v) is 11.8. The Kier molecular flexibility index (Phi) is 4.23. The van der Waals surface area contributed by atoms with E-state index in [4.69, 9.17) is 4.74 Å². The van der Waals surface area contributed by atoms with E-state index in [-0.39, 0.29) is 12.4 Å². The minimum absolute atomic E-state index is 0.00268. The van der Waals surface area contributed by atoms with Gasteiger partial charge in [-0.15, -0.1) is 0 Å². The molecule has 108 valence electrons. The summed E-state index contributed by atoms with van der Waals surface area (Å²) in [5, 5.41) is 10.2. The highest BCUT2D eigenvalue weighted by atomic mass is 16.5. The summed E-state index contributed by atoms with van der Waals surface area (Å²) >= 11 is 0.